The van der Waals surface area contributed by atoms with Crippen molar-refractivity contribution in [2.75, 3.05) is 26.3 Å². The second kappa shape index (κ2) is 11.6. The maximum absolute atomic E-state index is 12.8. The molecule has 11 nitrogen and oxygen atoms in total. The first-order valence-corrected chi connectivity index (χ1v) is 9.86. The molecule has 1 fully saturated rings. The lowest BCUT2D eigenvalue weighted by atomic mass is 9.75. The molecule has 0 aliphatic carbocycles. The standard InChI is InChI=1S/C18H28BN5O6/c1-12(2)9-15(19(28)29)23-17(26)13(10-16(25)24-5-7-30-8-6-24)22-18(27)14-11-20-3-4-21-14/h3-4,11-13,15,28-29H,5-10H2,1-2H3,(H,22,27)(H,23,26). The monoisotopic (exact) mass is 421 g/mol. The third kappa shape index (κ3) is 7.36. The minimum absolute atomic E-state index is 0.00459. The third-order valence-electron chi connectivity index (χ3n) is 4.57. The number of carbonyl (C=O) groups is 3. The molecule has 0 spiro atoms. The van der Waals surface area contributed by atoms with E-state index in [0.29, 0.717) is 32.7 Å². The molecular formula is C18H28BN5O6. The molecule has 2 rings (SSSR count). The molecular weight excluding hydrogens is 393 g/mol. The van der Waals surface area contributed by atoms with Gasteiger partial charge in [0.05, 0.1) is 31.8 Å². The van der Waals surface area contributed by atoms with Crippen LogP contribution in [0.15, 0.2) is 18.6 Å². The maximum atomic E-state index is 12.8. The number of rotatable bonds is 9. The van der Waals surface area contributed by atoms with Crippen LogP contribution in [0.3, 0.4) is 0 Å². The van der Waals surface area contributed by atoms with E-state index in [-0.39, 0.29) is 23.9 Å². The summed E-state index contributed by atoms with van der Waals surface area (Å²) in [4.78, 5) is 47.2. The van der Waals surface area contributed by atoms with Crippen molar-refractivity contribution < 1.29 is 29.2 Å². The zero-order chi connectivity index (χ0) is 22.1. The summed E-state index contributed by atoms with van der Waals surface area (Å²) in [6, 6.07) is -1.22. The SMILES string of the molecule is CC(C)CC(NC(=O)C(CC(=O)N1CCOCC1)NC(=O)c1cnccn1)B(O)O. The van der Waals surface area contributed by atoms with E-state index in [1.807, 2.05) is 13.8 Å². The van der Waals surface area contributed by atoms with E-state index in [2.05, 4.69) is 20.6 Å². The van der Waals surface area contributed by atoms with Crippen LogP contribution in [0.5, 0.6) is 0 Å². The molecule has 3 amide bonds. The summed E-state index contributed by atoms with van der Waals surface area (Å²) in [5.41, 5.74) is -0.00459. The van der Waals surface area contributed by atoms with Crippen molar-refractivity contribution in [3.8, 4) is 0 Å². The van der Waals surface area contributed by atoms with Crippen molar-refractivity contribution in [2.24, 2.45) is 5.92 Å². The van der Waals surface area contributed by atoms with Crippen LogP contribution < -0.4 is 10.6 Å². The van der Waals surface area contributed by atoms with E-state index >= 15 is 0 Å². The van der Waals surface area contributed by atoms with Crippen LogP contribution >= 0.6 is 0 Å². The third-order valence-corrected chi connectivity index (χ3v) is 4.57. The number of hydrogen-bond donors (Lipinski definition) is 4. The fourth-order valence-corrected chi connectivity index (χ4v) is 3.02. The molecule has 164 valence electrons. The van der Waals surface area contributed by atoms with Gasteiger partial charge in [-0.1, -0.05) is 13.8 Å². The van der Waals surface area contributed by atoms with E-state index in [9.17, 15) is 24.4 Å². The van der Waals surface area contributed by atoms with Crippen molar-refractivity contribution in [3.05, 3.63) is 24.3 Å². The van der Waals surface area contributed by atoms with Gasteiger partial charge in [0.25, 0.3) is 5.91 Å². The normalized spacial score (nSPS) is 16.0. The molecule has 1 aliphatic heterocycles. The van der Waals surface area contributed by atoms with Crippen LogP contribution in [0, 0.1) is 5.92 Å². The average Bonchev–Trinajstić information content (AvgIpc) is 2.73. The summed E-state index contributed by atoms with van der Waals surface area (Å²) >= 11 is 0. The van der Waals surface area contributed by atoms with Gasteiger partial charge in [-0.25, -0.2) is 4.98 Å². The van der Waals surface area contributed by atoms with Crippen LogP contribution in [-0.4, -0.2) is 88.0 Å². The lowest BCUT2D eigenvalue weighted by Gasteiger charge is -2.29. The fraction of sp³-hybridized carbons (Fsp3) is 0.611. The molecule has 0 bridgehead atoms. The van der Waals surface area contributed by atoms with Gasteiger partial charge in [0.15, 0.2) is 0 Å². The minimum Gasteiger partial charge on any atom is -0.426 e. The highest BCUT2D eigenvalue weighted by Crippen LogP contribution is 2.09. The zero-order valence-electron chi connectivity index (χ0n) is 17.2. The topological polar surface area (TPSA) is 154 Å². The largest absolute Gasteiger partial charge is 0.475 e. The minimum atomic E-state index is -1.78. The first-order valence-electron chi connectivity index (χ1n) is 9.86. The first kappa shape index (κ1) is 23.7. The molecule has 1 saturated heterocycles. The van der Waals surface area contributed by atoms with Crippen molar-refractivity contribution in [2.45, 2.75) is 38.7 Å². The number of carbonyl (C=O) groups excluding carboxylic acids is 3. The average molecular weight is 421 g/mol. The lowest BCUT2D eigenvalue weighted by Crippen LogP contribution is -2.56. The second-order valence-electron chi connectivity index (χ2n) is 7.47. The van der Waals surface area contributed by atoms with E-state index in [4.69, 9.17) is 4.74 Å². The van der Waals surface area contributed by atoms with Crippen LogP contribution in [-0.2, 0) is 14.3 Å². The molecule has 1 aliphatic rings. The lowest BCUT2D eigenvalue weighted by molar-refractivity contribution is -0.138. The van der Waals surface area contributed by atoms with Crippen molar-refractivity contribution in [3.63, 3.8) is 0 Å². The molecule has 0 saturated carbocycles. The van der Waals surface area contributed by atoms with Gasteiger partial charge in [0.2, 0.25) is 11.8 Å². The van der Waals surface area contributed by atoms with Gasteiger partial charge in [-0.05, 0) is 12.3 Å². The second-order valence-corrected chi connectivity index (χ2v) is 7.47. The Morgan fingerprint density at radius 3 is 2.47 bits per heavy atom. The highest BCUT2D eigenvalue weighted by Gasteiger charge is 2.32. The Bertz CT molecular complexity index is 714. The Morgan fingerprint density at radius 2 is 1.90 bits per heavy atom. The summed E-state index contributed by atoms with van der Waals surface area (Å²) in [7, 11) is -1.78. The van der Waals surface area contributed by atoms with Gasteiger partial charge in [0.1, 0.15) is 11.7 Å². The van der Waals surface area contributed by atoms with Gasteiger partial charge in [-0.2, -0.15) is 0 Å². The highest BCUT2D eigenvalue weighted by atomic mass is 16.5. The quantitative estimate of drug-likeness (QED) is 0.347. The van der Waals surface area contributed by atoms with Crippen LogP contribution in [0.4, 0.5) is 0 Å². The van der Waals surface area contributed by atoms with Crippen LogP contribution in [0.2, 0.25) is 0 Å². The van der Waals surface area contributed by atoms with Crippen molar-refractivity contribution >= 4 is 24.8 Å². The Kier molecular flexibility index (Phi) is 9.15. The molecule has 1 aromatic rings. The molecule has 2 atom stereocenters. The van der Waals surface area contributed by atoms with Crippen molar-refractivity contribution in [1.29, 1.82) is 0 Å². The molecule has 2 heterocycles. The summed E-state index contributed by atoms with van der Waals surface area (Å²) in [5, 5.41) is 24.2. The summed E-state index contributed by atoms with van der Waals surface area (Å²) in [6.45, 7) is 5.35. The van der Waals surface area contributed by atoms with Gasteiger partial charge < -0.3 is 30.3 Å². The number of nitrogens with one attached hydrogen (secondary N) is 2. The predicted octanol–water partition coefficient (Wildman–Crippen LogP) is -1.63. The van der Waals surface area contributed by atoms with Gasteiger partial charge >= 0.3 is 7.12 Å². The molecule has 1 aromatic heterocycles. The van der Waals surface area contributed by atoms with Gasteiger partial charge in [-0.15, -0.1) is 0 Å². The van der Waals surface area contributed by atoms with E-state index < -0.39 is 30.9 Å². The van der Waals surface area contributed by atoms with E-state index in [1.165, 1.54) is 18.6 Å². The summed E-state index contributed by atoms with van der Waals surface area (Å²) in [6.07, 6.45) is 4.01. The van der Waals surface area contributed by atoms with Crippen LogP contribution in [0.25, 0.3) is 0 Å². The Labute approximate surface area is 175 Å². The van der Waals surface area contributed by atoms with Gasteiger partial charge in [-0.3, -0.25) is 19.4 Å². The van der Waals surface area contributed by atoms with E-state index in [1.54, 1.807) is 4.90 Å². The molecule has 12 heteroatoms. The summed E-state index contributed by atoms with van der Waals surface area (Å²) < 4.78 is 5.23. The smallest absolute Gasteiger partial charge is 0.426 e. The number of hydrogen-bond acceptors (Lipinski definition) is 8. The first-order chi connectivity index (χ1) is 14.3. The molecule has 0 radical (unpaired) electrons. The zero-order valence-corrected chi connectivity index (χ0v) is 17.2. The number of aromatic nitrogens is 2. The fourth-order valence-electron chi connectivity index (χ4n) is 3.02. The Morgan fingerprint density at radius 1 is 1.20 bits per heavy atom. The number of amides is 3. The number of morpholine rings is 1. The molecule has 30 heavy (non-hydrogen) atoms. The van der Waals surface area contributed by atoms with Crippen LogP contribution in [0.1, 0.15) is 37.2 Å². The molecule has 4 N–H and O–H groups in total. The predicted molar refractivity (Wildman–Crippen MR) is 107 cm³/mol. The summed E-state index contributed by atoms with van der Waals surface area (Å²) in [5.74, 6) is -2.52. The molecule has 0 aromatic carbocycles. The Hall–Kier alpha value is -2.57. The Balaban J connectivity index is 2.12. The van der Waals surface area contributed by atoms with Gasteiger partial charge in [0, 0.05) is 25.5 Å². The number of nitrogens with zero attached hydrogens (tertiary/aromatic N) is 3. The van der Waals surface area contributed by atoms with Crippen molar-refractivity contribution in [1.82, 2.24) is 25.5 Å². The maximum Gasteiger partial charge on any atom is 0.475 e. The van der Waals surface area contributed by atoms with E-state index in [0.717, 1.165) is 0 Å². The number of ether oxygens (including phenoxy) is 1. The molecule has 2 unspecified atom stereocenters. The highest BCUT2D eigenvalue weighted by molar-refractivity contribution is 6.43.